The van der Waals surface area contributed by atoms with Crippen LogP contribution in [0.2, 0.25) is 0 Å². The molecule has 2 atom stereocenters. The van der Waals surface area contributed by atoms with Crippen LogP contribution in [0.3, 0.4) is 0 Å². The molecule has 0 amide bonds. The Kier molecular flexibility index (Phi) is 6.95. The summed E-state index contributed by atoms with van der Waals surface area (Å²) in [5.41, 5.74) is 3.69. The van der Waals surface area contributed by atoms with Crippen molar-refractivity contribution in [1.82, 2.24) is 14.0 Å². The van der Waals surface area contributed by atoms with E-state index in [1.54, 1.807) is 22.8 Å². The van der Waals surface area contributed by atoms with Gasteiger partial charge in [0, 0.05) is 43.0 Å². The predicted molar refractivity (Wildman–Crippen MR) is 148 cm³/mol. The van der Waals surface area contributed by atoms with Crippen molar-refractivity contribution in [2.75, 3.05) is 24.5 Å². The van der Waals surface area contributed by atoms with Crippen molar-refractivity contribution >= 4 is 11.4 Å². The van der Waals surface area contributed by atoms with Crippen molar-refractivity contribution in [2.45, 2.75) is 44.3 Å². The summed E-state index contributed by atoms with van der Waals surface area (Å²) in [4.78, 5) is 17.5. The Morgan fingerprint density at radius 2 is 1.64 bits per heavy atom. The highest BCUT2D eigenvalue weighted by molar-refractivity contribution is 5.73. The van der Waals surface area contributed by atoms with Gasteiger partial charge in [-0.3, -0.25) is 9.13 Å². The highest BCUT2D eigenvalue weighted by Gasteiger charge is 2.42. The van der Waals surface area contributed by atoms with E-state index in [1.807, 2.05) is 36.4 Å². The minimum Gasteiger partial charge on any atom is -0.493 e. The number of halogens is 2. The standard InChI is InChI=1S/C31H32F2N4O2/c32-23-8-11-25(12-9-23)37-28-13-10-24(33)18-26(28)27-20-34(17-14-29(27)37)15-4-5-16-35-21-30(38)36(31(35)39)19-22-6-2-1-3-7-22/h1-3,6-13,18,21,27,29,38H,4-5,14-17,19-20H2/t27-,29+/m0/s1. The molecule has 0 saturated carbocycles. The van der Waals surface area contributed by atoms with Crippen LogP contribution in [0.5, 0.6) is 5.88 Å². The Morgan fingerprint density at radius 3 is 2.44 bits per heavy atom. The van der Waals surface area contributed by atoms with Crippen LogP contribution in [0.25, 0.3) is 0 Å². The molecule has 0 bridgehead atoms. The van der Waals surface area contributed by atoms with E-state index in [9.17, 15) is 18.7 Å². The Hall–Kier alpha value is -3.91. The zero-order valence-electron chi connectivity index (χ0n) is 21.7. The van der Waals surface area contributed by atoms with Crippen molar-refractivity contribution in [2.24, 2.45) is 0 Å². The number of piperidine rings is 1. The lowest BCUT2D eigenvalue weighted by Gasteiger charge is -2.39. The molecule has 1 aromatic heterocycles. The topological polar surface area (TPSA) is 53.6 Å². The van der Waals surface area contributed by atoms with Gasteiger partial charge in [0.15, 0.2) is 0 Å². The van der Waals surface area contributed by atoms with Gasteiger partial charge >= 0.3 is 5.69 Å². The van der Waals surface area contributed by atoms with Crippen LogP contribution in [0.1, 0.15) is 36.3 Å². The first-order chi connectivity index (χ1) is 19.0. The molecule has 2 aliphatic heterocycles. The molecule has 0 spiro atoms. The summed E-state index contributed by atoms with van der Waals surface area (Å²) in [6.07, 6.45) is 4.16. The van der Waals surface area contributed by atoms with Gasteiger partial charge in [0.05, 0.1) is 12.7 Å². The molecule has 0 radical (unpaired) electrons. The van der Waals surface area contributed by atoms with Crippen molar-refractivity contribution in [1.29, 1.82) is 0 Å². The number of aryl methyl sites for hydroxylation is 1. The van der Waals surface area contributed by atoms with Gasteiger partial charge in [-0.05, 0) is 79.4 Å². The molecule has 1 saturated heterocycles. The van der Waals surface area contributed by atoms with Crippen LogP contribution in [-0.2, 0) is 13.1 Å². The number of hydrogen-bond donors (Lipinski definition) is 1. The summed E-state index contributed by atoms with van der Waals surface area (Å²) in [5.74, 6) is -0.364. The van der Waals surface area contributed by atoms with Crippen LogP contribution in [0, 0.1) is 11.6 Å². The molecule has 6 nitrogen and oxygen atoms in total. The average Bonchev–Trinajstić information content (AvgIpc) is 3.40. The van der Waals surface area contributed by atoms with Gasteiger partial charge in [-0.2, -0.15) is 0 Å². The number of aromatic nitrogens is 2. The lowest BCUT2D eigenvalue weighted by molar-refractivity contribution is 0.192. The molecular formula is C31H32F2N4O2. The van der Waals surface area contributed by atoms with Gasteiger partial charge in [-0.15, -0.1) is 0 Å². The molecule has 1 N–H and O–H groups in total. The number of anilines is 2. The minimum atomic E-state index is -0.270. The molecule has 202 valence electrons. The maximum absolute atomic E-state index is 14.3. The summed E-state index contributed by atoms with van der Waals surface area (Å²) in [6.45, 7) is 3.51. The SMILES string of the molecule is O=c1n(CCCCN2CC[C@@H]3[C@@H](C2)c2cc(F)ccc2N3c2ccc(F)cc2)cc(O)n1Cc1ccccc1. The fourth-order valence-electron chi connectivity index (χ4n) is 6.19. The number of unbranched alkanes of at least 4 members (excludes halogenated alkanes) is 1. The summed E-state index contributed by atoms with van der Waals surface area (Å²) >= 11 is 0. The van der Waals surface area contributed by atoms with Crippen LogP contribution < -0.4 is 10.6 Å². The van der Waals surface area contributed by atoms with E-state index in [4.69, 9.17) is 0 Å². The summed E-state index contributed by atoms with van der Waals surface area (Å²) in [6, 6.07) is 21.4. The zero-order chi connectivity index (χ0) is 26.9. The number of likely N-dealkylation sites (tertiary alicyclic amines) is 1. The molecule has 2 aliphatic rings. The zero-order valence-corrected chi connectivity index (χ0v) is 21.7. The normalized spacial score (nSPS) is 18.8. The smallest absolute Gasteiger partial charge is 0.331 e. The van der Waals surface area contributed by atoms with Crippen LogP contribution in [0.15, 0.2) is 83.8 Å². The van der Waals surface area contributed by atoms with E-state index >= 15 is 0 Å². The fraction of sp³-hybridized carbons (Fsp3) is 0.323. The molecule has 0 aliphatic carbocycles. The summed E-state index contributed by atoms with van der Waals surface area (Å²) in [7, 11) is 0. The Balaban J connectivity index is 1.08. The molecule has 1 fully saturated rings. The van der Waals surface area contributed by atoms with Crippen LogP contribution >= 0.6 is 0 Å². The van der Waals surface area contributed by atoms with E-state index in [2.05, 4.69) is 9.80 Å². The molecule has 0 unspecified atom stereocenters. The van der Waals surface area contributed by atoms with Gasteiger partial charge in [0.2, 0.25) is 5.88 Å². The second-order valence-electron chi connectivity index (χ2n) is 10.6. The van der Waals surface area contributed by atoms with E-state index in [1.165, 1.54) is 29.0 Å². The third-order valence-electron chi connectivity index (χ3n) is 8.08. The lowest BCUT2D eigenvalue weighted by atomic mass is 9.89. The maximum Gasteiger partial charge on any atom is 0.331 e. The van der Waals surface area contributed by atoms with E-state index in [-0.39, 0.29) is 35.2 Å². The molecule has 4 aromatic rings. The van der Waals surface area contributed by atoms with Crippen molar-refractivity contribution in [3.8, 4) is 5.88 Å². The Labute approximate surface area is 226 Å². The van der Waals surface area contributed by atoms with Gasteiger partial charge in [0.25, 0.3) is 0 Å². The largest absolute Gasteiger partial charge is 0.493 e. The van der Waals surface area contributed by atoms with Crippen LogP contribution in [0.4, 0.5) is 20.2 Å². The second-order valence-corrected chi connectivity index (χ2v) is 10.6. The number of hydrogen-bond acceptors (Lipinski definition) is 4. The molecule has 3 heterocycles. The highest BCUT2D eigenvalue weighted by atomic mass is 19.1. The van der Waals surface area contributed by atoms with Gasteiger partial charge in [0.1, 0.15) is 11.6 Å². The van der Waals surface area contributed by atoms with Gasteiger partial charge in [-0.25, -0.2) is 13.6 Å². The fourth-order valence-corrected chi connectivity index (χ4v) is 6.19. The summed E-state index contributed by atoms with van der Waals surface area (Å²) in [5, 5.41) is 10.3. The Morgan fingerprint density at radius 1 is 0.897 bits per heavy atom. The first-order valence-corrected chi connectivity index (χ1v) is 13.6. The number of rotatable bonds is 8. The van der Waals surface area contributed by atoms with Crippen LogP contribution in [-0.4, -0.2) is 44.8 Å². The third kappa shape index (κ3) is 5.08. The van der Waals surface area contributed by atoms with E-state index in [0.29, 0.717) is 13.1 Å². The number of nitrogens with zero attached hydrogens (tertiary/aromatic N) is 4. The number of fused-ring (bicyclic) bond motifs is 3. The van der Waals surface area contributed by atoms with E-state index < -0.39 is 0 Å². The quantitative estimate of drug-likeness (QED) is 0.307. The second kappa shape index (κ2) is 10.7. The van der Waals surface area contributed by atoms with Gasteiger partial charge < -0.3 is 14.9 Å². The Bertz CT molecular complexity index is 1500. The molecule has 8 heteroatoms. The minimum absolute atomic E-state index is 0.0243. The maximum atomic E-state index is 14.3. The van der Waals surface area contributed by atoms with Crippen molar-refractivity contribution < 1.29 is 13.9 Å². The first-order valence-electron chi connectivity index (χ1n) is 13.6. The van der Waals surface area contributed by atoms with Crippen molar-refractivity contribution in [3.63, 3.8) is 0 Å². The third-order valence-corrected chi connectivity index (χ3v) is 8.08. The predicted octanol–water partition coefficient (Wildman–Crippen LogP) is 5.47. The monoisotopic (exact) mass is 530 g/mol. The van der Waals surface area contributed by atoms with Gasteiger partial charge in [-0.1, -0.05) is 30.3 Å². The molecule has 39 heavy (non-hydrogen) atoms. The lowest BCUT2D eigenvalue weighted by Crippen LogP contribution is -2.45. The van der Waals surface area contributed by atoms with Crippen molar-refractivity contribution in [3.05, 3.63) is 112 Å². The van der Waals surface area contributed by atoms with E-state index in [0.717, 1.165) is 61.4 Å². The summed E-state index contributed by atoms with van der Waals surface area (Å²) < 4.78 is 30.8. The number of aromatic hydroxyl groups is 1. The average molecular weight is 531 g/mol. The molecule has 3 aromatic carbocycles. The molecule has 6 rings (SSSR count). The molecular weight excluding hydrogens is 498 g/mol. The number of benzene rings is 3. The highest BCUT2D eigenvalue weighted by Crippen LogP contribution is 2.48. The first kappa shape index (κ1) is 25.4. The number of imidazole rings is 1.